The molecule has 3 nitrogen and oxygen atoms in total. The highest BCUT2D eigenvalue weighted by Gasteiger charge is 2.30. The van der Waals surface area contributed by atoms with Gasteiger partial charge >= 0.3 is 14.0 Å². The van der Waals surface area contributed by atoms with Crippen molar-refractivity contribution in [1.29, 1.82) is 0 Å². The third kappa shape index (κ3) is 3.32. The first-order valence-electron chi connectivity index (χ1n) is 5.28. The number of hydrogen-bond donors (Lipinski definition) is 0. The zero-order valence-electron chi connectivity index (χ0n) is 9.55. The molecule has 2 rings (SSSR count). The van der Waals surface area contributed by atoms with Gasteiger partial charge in [-0.2, -0.15) is 0 Å². The molecule has 0 aliphatic rings. The van der Waals surface area contributed by atoms with Crippen LogP contribution >= 0.6 is 31.2 Å². The fourth-order valence-electron chi connectivity index (χ4n) is 1.42. The first kappa shape index (κ1) is 14.0. The minimum atomic E-state index is -2.28. The van der Waals surface area contributed by atoms with Gasteiger partial charge < -0.3 is 0 Å². The number of carbonyl (C=O) groups excluding carboxylic acids is 1. The van der Waals surface area contributed by atoms with E-state index in [4.69, 9.17) is 27.7 Å². The first-order chi connectivity index (χ1) is 9.09. The molecule has 1 atom stereocenters. The molecule has 2 aromatic rings. The number of rotatable bonds is 3. The fourth-order valence-corrected chi connectivity index (χ4v) is 2.73. The molecule has 19 heavy (non-hydrogen) atoms. The summed E-state index contributed by atoms with van der Waals surface area (Å²) in [6.45, 7) is 0. The molecule has 0 aliphatic carbocycles. The monoisotopic (exact) mass is 313 g/mol. The van der Waals surface area contributed by atoms with E-state index in [1.807, 2.05) is 0 Å². The van der Waals surface area contributed by atoms with Crippen LogP contribution in [0, 0.1) is 0 Å². The van der Waals surface area contributed by atoms with E-state index in [1.54, 1.807) is 36.4 Å². The third-order valence-corrected chi connectivity index (χ3v) is 3.98. The average Bonchev–Trinajstić information content (AvgIpc) is 2.39. The van der Waals surface area contributed by atoms with Crippen LogP contribution in [0.2, 0.25) is 10.0 Å². The number of carbonyl (C=O) groups is 1. The standard InChI is InChI=1S/C13H8Cl2O3P/c14-10-7-4-8-11(15)12(10)13(16)18-19(17)9-5-2-1-3-6-9/h1-8H/q+1. The highest BCUT2D eigenvalue weighted by molar-refractivity contribution is 7.49. The Balaban J connectivity index is 2.21. The molecule has 0 fully saturated rings. The lowest BCUT2D eigenvalue weighted by molar-refractivity contribution is 0.0752. The van der Waals surface area contributed by atoms with Crippen LogP contribution in [0.5, 0.6) is 0 Å². The third-order valence-electron chi connectivity index (χ3n) is 2.30. The Morgan fingerprint density at radius 3 is 2.11 bits per heavy atom. The van der Waals surface area contributed by atoms with Crippen LogP contribution < -0.4 is 5.30 Å². The Kier molecular flexibility index (Phi) is 4.54. The van der Waals surface area contributed by atoms with E-state index in [2.05, 4.69) is 0 Å². The van der Waals surface area contributed by atoms with Crippen LogP contribution in [-0.4, -0.2) is 5.97 Å². The smallest absolute Gasteiger partial charge is 0.241 e. The van der Waals surface area contributed by atoms with Gasteiger partial charge in [0.05, 0.1) is 10.0 Å². The lowest BCUT2D eigenvalue weighted by atomic mass is 10.2. The van der Waals surface area contributed by atoms with Crippen LogP contribution in [0.15, 0.2) is 48.5 Å². The summed E-state index contributed by atoms with van der Waals surface area (Å²) in [6, 6.07) is 13.1. The normalized spacial score (nSPS) is 10.9. The molecule has 0 spiro atoms. The van der Waals surface area contributed by atoms with Crippen molar-refractivity contribution >= 4 is 42.5 Å². The topological polar surface area (TPSA) is 43.4 Å². The first-order valence-corrected chi connectivity index (χ1v) is 7.21. The largest absolute Gasteiger partial charge is 0.600 e. The molecule has 0 bridgehead atoms. The molecular weight excluding hydrogens is 306 g/mol. The van der Waals surface area contributed by atoms with E-state index in [0.29, 0.717) is 5.30 Å². The maximum Gasteiger partial charge on any atom is 0.600 e. The summed E-state index contributed by atoms with van der Waals surface area (Å²) in [5.41, 5.74) is 0.0186. The van der Waals surface area contributed by atoms with E-state index in [-0.39, 0.29) is 15.6 Å². The number of hydrogen-bond acceptors (Lipinski definition) is 3. The Morgan fingerprint density at radius 1 is 0.947 bits per heavy atom. The summed E-state index contributed by atoms with van der Waals surface area (Å²) in [7, 11) is -2.28. The summed E-state index contributed by atoms with van der Waals surface area (Å²) in [6.07, 6.45) is 0. The van der Waals surface area contributed by atoms with Crippen molar-refractivity contribution < 1.29 is 13.9 Å². The highest BCUT2D eigenvalue weighted by atomic mass is 35.5. The van der Waals surface area contributed by atoms with Crippen LogP contribution in [-0.2, 0) is 9.09 Å². The van der Waals surface area contributed by atoms with Crippen molar-refractivity contribution in [2.24, 2.45) is 0 Å². The predicted octanol–water partition coefficient (Wildman–Crippen LogP) is 4.22. The lowest BCUT2D eigenvalue weighted by Gasteiger charge is -2.00. The molecule has 96 valence electrons. The predicted molar refractivity (Wildman–Crippen MR) is 75.6 cm³/mol. The van der Waals surface area contributed by atoms with Gasteiger partial charge in [-0.05, 0) is 28.8 Å². The van der Waals surface area contributed by atoms with Crippen molar-refractivity contribution in [3.05, 3.63) is 64.1 Å². The maximum absolute atomic E-state index is 11.9. The molecule has 2 aromatic carbocycles. The molecule has 0 heterocycles. The molecular formula is C13H8Cl2O3P+. The Morgan fingerprint density at radius 2 is 1.53 bits per heavy atom. The second kappa shape index (κ2) is 6.16. The molecule has 0 aliphatic heterocycles. The zero-order valence-corrected chi connectivity index (χ0v) is 12.0. The van der Waals surface area contributed by atoms with Crippen LogP contribution in [0.25, 0.3) is 0 Å². The van der Waals surface area contributed by atoms with Crippen LogP contribution in [0.4, 0.5) is 0 Å². The van der Waals surface area contributed by atoms with Crippen LogP contribution in [0.3, 0.4) is 0 Å². The Bertz CT molecular complexity index is 609. The van der Waals surface area contributed by atoms with E-state index in [1.165, 1.54) is 12.1 Å². The molecule has 0 N–H and O–H groups in total. The molecule has 0 saturated heterocycles. The summed E-state index contributed by atoms with van der Waals surface area (Å²) in [4.78, 5) is 11.9. The van der Waals surface area contributed by atoms with Gasteiger partial charge in [0, 0.05) is 0 Å². The fraction of sp³-hybridized carbons (Fsp3) is 0. The molecule has 0 radical (unpaired) electrons. The second-order valence-electron chi connectivity index (χ2n) is 3.57. The quantitative estimate of drug-likeness (QED) is 0.797. The van der Waals surface area contributed by atoms with Gasteiger partial charge in [-0.25, -0.2) is 9.32 Å². The average molecular weight is 314 g/mol. The van der Waals surface area contributed by atoms with Gasteiger partial charge in [-0.1, -0.05) is 47.5 Å². The summed E-state index contributed by atoms with van der Waals surface area (Å²) in [5, 5.41) is 0.747. The Labute approximate surface area is 121 Å². The van der Waals surface area contributed by atoms with Gasteiger partial charge in [0.2, 0.25) is 5.30 Å². The van der Waals surface area contributed by atoms with Crippen molar-refractivity contribution in [2.45, 2.75) is 0 Å². The van der Waals surface area contributed by atoms with Crippen LogP contribution in [0.1, 0.15) is 10.4 Å². The van der Waals surface area contributed by atoms with Gasteiger partial charge in [-0.3, -0.25) is 0 Å². The summed E-state index contributed by atoms with van der Waals surface area (Å²) >= 11 is 11.7. The van der Waals surface area contributed by atoms with E-state index < -0.39 is 14.0 Å². The second-order valence-corrected chi connectivity index (χ2v) is 5.60. The minimum absolute atomic E-state index is 0.0186. The van der Waals surface area contributed by atoms with E-state index >= 15 is 0 Å². The van der Waals surface area contributed by atoms with Crippen molar-refractivity contribution in [3.8, 4) is 0 Å². The van der Waals surface area contributed by atoms with Crippen molar-refractivity contribution in [1.82, 2.24) is 0 Å². The maximum atomic E-state index is 11.9. The van der Waals surface area contributed by atoms with Gasteiger partial charge in [-0.15, -0.1) is 0 Å². The summed E-state index contributed by atoms with van der Waals surface area (Å²) < 4.78 is 16.8. The summed E-state index contributed by atoms with van der Waals surface area (Å²) in [5.74, 6) is -0.805. The number of benzene rings is 2. The van der Waals surface area contributed by atoms with E-state index in [0.717, 1.165) is 0 Å². The minimum Gasteiger partial charge on any atom is -0.241 e. The molecule has 0 amide bonds. The van der Waals surface area contributed by atoms with Gasteiger partial charge in [0.1, 0.15) is 5.56 Å². The lowest BCUT2D eigenvalue weighted by Crippen LogP contribution is -2.06. The molecule has 0 saturated carbocycles. The SMILES string of the molecule is O=C(O[P+](=O)c1ccccc1)c1c(Cl)cccc1Cl. The van der Waals surface area contributed by atoms with Crippen molar-refractivity contribution in [3.63, 3.8) is 0 Å². The highest BCUT2D eigenvalue weighted by Crippen LogP contribution is 2.30. The van der Waals surface area contributed by atoms with Gasteiger partial charge in [0.15, 0.2) is 0 Å². The number of halogens is 2. The van der Waals surface area contributed by atoms with E-state index in [9.17, 15) is 9.36 Å². The zero-order chi connectivity index (χ0) is 13.8. The van der Waals surface area contributed by atoms with Crippen molar-refractivity contribution in [2.75, 3.05) is 0 Å². The molecule has 6 heteroatoms. The van der Waals surface area contributed by atoms with Gasteiger partial charge in [0.25, 0.3) is 0 Å². The molecule has 1 unspecified atom stereocenters. The Hall–Kier alpha value is -1.41. The molecule has 0 aromatic heterocycles.